The first kappa shape index (κ1) is 19.4. The minimum atomic E-state index is -1.10. The third-order valence-electron chi connectivity index (χ3n) is 3.72. The molecule has 2 rings (SSSR count). The van der Waals surface area contributed by atoms with Gasteiger partial charge in [-0.25, -0.2) is 8.78 Å². The second-order valence-electron chi connectivity index (χ2n) is 5.77. The van der Waals surface area contributed by atoms with Crippen molar-refractivity contribution in [2.24, 2.45) is 0 Å². The van der Waals surface area contributed by atoms with Crippen LogP contribution in [-0.2, 0) is 16.1 Å². The maximum Gasteiger partial charge on any atom is 0.305 e. The topological polar surface area (TPSA) is 66.8 Å². The second kappa shape index (κ2) is 8.94. The highest BCUT2D eigenvalue weighted by molar-refractivity contribution is 5.78. The first-order valence-electron chi connectivity index (χ1n) is 7.98. The maximum atomic E-state index is 13.9. The number of halogens is 2. The fourth-order valence-corrected chi connectivity index (χ4v) is 2.27. The van der Waals surface area contributed by atoms with E-state index in [4.69, 9.17) is 9.84 Å². The zero-order chi connectivity index (χ0) is 19.1. The van der Waals surface area contributed by atoms with Crippen molar-refractivity contribution in [1.82, 2.24) is 4.90 Å². The van der Waals surface area contributed by atoms with Gasteiger partial charge >= 0.3 is 5.97 Å². The zero-order valence-corrected chi connectivity index (χ0v) is 14.2. The number of rotatable bonds is 8. The van der Waals surface area contributed by atoms with Crippen molar-refractivity contribution in [3.05, 3.63) is 65.2 Å². The fourth-order valence-electron chi connectivity index (χ4n) is 2.27. The van der Waals surface area contributed by atoms with Crippen LogP contribution < -0.4 is 4.74 Å². The molecule has 0 heterocycles. The van der Waals surface area contributed by atoms with E-state index in [-0.39, 0.29) is 31.7 Å². The Bertz CT molecular complexity index is 778. The van der Waals surface area contributed by atoms with Crippen LogP contribution in [0, 0.1) is 18.6 Å². The number of hydrogen-bond donors (Lipinski definition) is 1. The molecule has 0 saturated heterocycles. The summed E-state index contributed by atoms with van der Waals surface area (Å²) in [6.45, 7) is 1.20. The molecule has 0 aliphatic carbocycles. The largest absolute Gasteiger partial charge is 0.484 e. The van der Waals surface area contributed by atoms with Gasteiger partial charge in [0.15, 0.2) is 18.2 Å². The van der Waals surface area contributed by atoms with Gasteiger partial charge in [0.25, 0.3) is 5.91 Å². The van der Waals surface area contributed by atoms with E-state index in [0.29, 0.717) is 5.75 Å². The summed E-state index contributed by atoms with van der Waals surface area (Å²) in [5, 5.41) is 8.84. The van der Waals surface area contributed by atoms with Crippen LogP contribution in [0.2, 0.25) is 0 Å². The molecule has 5 nitrogen and oxygen atoms in total. The predicted octanol–water partition coefficient (Wildman–Crippen LogP) is 3.16. The number of carbonyl (C=O) groups excluding carboxylic acids is 1. The summed E-state index contributed by atoms with van der Waals surface area (Å²) < 4.78 is 32.6. The first-order valence-corrected chi connectivity index (χ1v) is 7.98. The van der Waals surface area contributed by atoms with Crippen LogP contribution in [0.4, 0.5) is 8.78 Å². The quantitative estimate of drug-likeness (QED) is 0.782. The highest BCUT2D eigenvalue weighted by atomic mass is 19.2. The average molecular weight is 363 g/mol. The van der Waals surface area contributed by atoms with E-state index in [1.165, 1.54) is 12.1 Å². The van der Waals surface area contributed by atoms with E-state index in [1.54, 1.807) is 12.1 Å². The first-order chi connectivity index (χ1) is 12.4. The number of carbonyl (C=O) groups is 2. The van der Waals surface area contributed by atoms with Gasteiger partial charge in [-0.1, -0.05) is 29.8 Å². The lowest BCUT2D eigenvalue weighted by atomic mass is 10.2. The van der Waals surface area contributed by atoms with Crippen LogP contribution in [0.5, 0.6) is 5.75 Å². The molecule has 0 saturated carbocycles. The molecule has 7 heteroatoms. The zero-order valence-electron chi connectivity index (χ0n) is 14.2. The summed E-state index contributed by atoms with van der Waals surface area (Å²) in [4.78, 5) is 24.3. The van der Waals surface area contributed by atoms with E-state index >= 15 is 0 Å². The van der Waals surface area contributed by atoms with Crippen LogP contribution in [0.15, 0.2) is 42.5 Å². The standard InChI is InChI=1S/C19H19F2NO4/c1-13-5-7-15(8-6-13)26-12-17(23)22(10-9-18(24)25)11-14-3-2-4-16(20)19(14)21/h2-8H,9-12H2,1H3,(H,24,25). The van der Waals surface area contributed by atoms with Crippen molar-refractivity contribution in [3.8, 4) is 5.75 Å². The van der Waals surface area contributed by atoms with Crippen molar-refractivity contribution >= 4 is 11.9 Å². The number of carboxylic acids is 1. The predicted molar refractivity (Wildman–Crippen MR) is 90.7 cm³/mol. The Morgan fingerprint density at radius 1 is 1.12 bits per heavy atom. The molecule has 0 radical (unpaired) electrons. The molecule has 26 heavy (non-hydrogen) atoms. The molecule has 138 valence electrons. The highest BCUT2D eigenvalue weighted by Gasteiger charge is 2.19. The Hall–Kier alpha value is -2.96. The fraction of sp³-hybridized carbons (Fsp3) is 0.263. The second-order valence-corrected chi connectivity index (χ2v) is 5.77. The molecule has 1 N–H and O–H groups in total. The van der Waals surface area contributed by atoms with Gasteiger partial charge in [-0.2, -0.15) is 0 Å². The van der Waals surface area contributed by atoms with Crippen molar-refractivity contribution in [2.45, 2.75) is 19.9 Å². The van der Waals surface area contributed by atoms with Crippen molar-refractivity contribution in [3.63, 3.8) is 0 Å². The van der Waals surface area contributed by atoms with Crippen molar-refractivity contribution < 1.29 is 28.2 Å². The van der Waals surface area contributed by atoms with Crippen molar-refractivity contribution in [1.29, 1.82) is 0 Å². The third-order valence-corrected chi connectivity index (χ3v) is 3.72. The third kappa shape index (κ3) is 5.54. The number of hydrogen-bond acceptors (Lipinski definition) is 3. The number of aryl methyl sites for hydroxylation is 1. The van der Waals surface area contributed by atoms with Crippen LogP contribution in [0.25, 0.3) is 0 Å². The summed E-state index contributed by atoms with van der Waals surface area (Å²) in [5.41, 5.74) is 1.01. The molecule has 0 aliphatic heterocycles. The Morgan fingerprint density at radius 2 is 1.81 bits per heavy atom. The van der Waals surface area contributed by atoms with Gasteiger partial charge in [-0.15, -0.1) is 0 Å². The van der Waals surface area contributed by atoms with Crippen molar-refractivity contribution in [2.75, 3.05) is 13.2 Å². The lowest BCUT2D eigenvalue weighted by molar-refractivity contribution is -0.139. The summed E-state index contributed by atoms with van der Waals surface area (Å²) >= 11 is 0. The van der Waals surface area contributed by atoms with Crippen LogP contribution in [0.1, 0.15) is 17.5 Å². The molecule has 0 atom stereocenters. The van der Waals surface area contributed by atoms with Gasteiger partial charge in [0.05, 0.1) is 6.42 Å². The van der Waals surface area contributed by atoms with Gasteiger partial charge in [-0.3, -0.25) is 9.59 Å². The average Bonchev–Trinajstić information content (AvgIpc) is 2.61. The lowest BCUT2D eigenvalue weighted by Gasteiger charge is -2.22. The van der Waals surface area contributed by atoms with Crippen LogP contribution >= 0.6 is 0 Å². The summed E-state index contributed by atoms with van der Waals surface area (Å²) in [6.07, 6.45) is -0.312. The smallest absolute Gasteiger partial charge is 0.305 e. The number of nitrogens with zero attached hydrogens (tertiary/aromatic N) is 1. The van der Waals surface area contributed by atoms with Gasteiger partial charge in [0.2, 0.25) is 0 Å². The minimum absolute atomic E-state index is 0.0286. The Balaban J connectivity index is 2.07. The maximum absolute atomic E-state index is 13.9. The monoisotopic (exact) mass is 363 g/mol. The molecular weight excluding hydrogens is 344 g/mol. The Morgan fingerprint density at radius 3 is 2.46 bits per heavy atom. The summed E-state index contributed by atoms with van der Waals surface area (Å²) in [7, 11) is 0. The number of benzene rings is 2. The molecule has 0 unspecified atom stereocenters. The van der Waals surface area contributed by atoms with Gasteiger partial charge in [0, 0.05) is 18.7 Å². The van der Waals surface area contributed by atoms with Gasteiger partial charge < -0.3 is 14.7 Å². The number of amides is 1. The van der Waals surface area contributed by atoms with Gasteiger partial charge in [-0.05, 0) is 25.1 Å². The molecule has 2 aromatic rings. The normalized spacial score (nSPS) is 10.4. The molecule has 0 fully saturated rings. The van der Waals surface area contributed by atoms with E-state index in [1.807, 2.05) is 19.1 Å². The van der Waals surface area contributed by atoms with E-state index < -0.39 is 23.5 Å². The van der Waals surface area contributed by atoms with Gasteiger partial charge in [0.1, 0.15) is 5.75 Å². The molecule has 2 aromatic carbocycles. The highest BCUT2D eigenvalue weighted by Crippen LogP contribution is 2.15. The number of aliphatic carboxylic acids is 1. The van der Waals surface area contributed by atoms with Crippen LogP contribution in [0.3, 0.4) is 0 Å². The Labute approximate surface area is 149 Å². The SMILES string of the molecule is Cc1ccc(OCC(=O)N(CCC(=O)O)Cc2cccc(F)c2F)cc1. The summed E-state index contributed by atoms with van der Waals surface area (Å²) in [5.74, 6) is -3.21. The lowest BCUT2D eigenvalue weighted by Crippen LogP contribution is -2.36. The Kier molecular flexibility index (Phi) is 6.66. The molecule has 0 bridgehead atoms. The van der Waals surface area contributed by atoms with E-state index in [9.17, 15) is 18.4 Å². The molecule has 0 aromatic heterocycles. The number of carboxylic acid groups (broad SMARTS) is 1. The molecule has 0 aliphatic rings. The van der Waals surface area contributed by atoms with E-state index in [2.05, 4.69) is 0 Å². The molecule has 1 amide bonds. The summed E-state index contributed by atoms with van der Waals surface area (Å²) in [6, 6.07) is 10.7. The van der Waals surface area contributed by atoms with E-state index in [0.717, 1.165) is 16.5 Å². The molecule has 0 spiro atoms. The number of ether oxygens (including phenoxy) is 1. The molecular formula is C19H19F2NO4. The minimum Gasteiger partial charge on any atom is -0.484 e. The van der Waals surface area contributed by atoms with Crippen LogP contribution in [-0.4, -0.2) is 35.0 Å².